The van der Waals surface area contributed by atoms with Gasteiger partial charge in [-0.15, -0.1) is 11.3 Å². The van der Waals surface area contributed by atoms with Crippen molar-refractivity contribution in [1.29, 1.82) is 0 Å². The van der Waals surface area contributed by atoms with Gasteiger partial charge in [-0.2, -0.15) is 4.37 Å². The van der Waals surface area contributed by atoms with Gasteiger partial charge in [-0.05, 0) is 68.6 Å². The first-order valence-corrected chi connectivity index (χ1v) is 10.7. The molecule has 138 valence electrons. The molecule has 0 unspecified atom stereocenters. The van der Waals surface area contributed by atoms with E-state index in [9.17, 15) is 5.11 Å². The SMILES string of the molecule is Cc1cc(Cc2nc(N(C)C3CCC(C)(O)CC3)c3sccc3n2)sn1. The Labute approximate surface area is 161 Å². The molecule has 0 aliphatic heterocycles. The minimum atomic E-state index is -0.517. The van der Waals surface area contributed by atoms with Crippen LogP contribution in [-0.2, 0) is 6.42 Å². The normalized spacial score (nSPS) is 23.5. The summed E-state index contributed by atoms with van der Waals surface area (Å²) in [5.41, 5.74) is 1.55. The third-order valence-corrected chi connectivity index (χ3v) is 7.03. The number of anilines is 1. The molecule has 26 heavy (non-hydrogen) atoms. The van der Waals surface area contributed by atoms with Crippen LogP contribution in [0.2, 0.25) is 0 Å². The highest BCUT2D eigenvalue weighted by atomic mass is 32.1. The van der Waals surface area contributed by atoms with E-state index in [1.165, 1.54) is 16.4 Å². The van der Waals surface area contributed by atoms with E-state index in [1.807, 2.05) is 13.8 Å². The number of rotatable bonds is 4. The Morgan fingerprint density at radius 2 is 2.08 bits per heavy atom. The van der Waals surface area contributed by atoms with Crippen molar-refractivity contribution in [3.05, 3.63) is 33.9 Å². The lowest BCUT2D eigenvalue weighted by Gasteiger charge is -2.38. The molecular formula is C19H24N4OS2. The maximum absolute atomic E-state index is 10.2. The van der Waals surface area contributed by atoms with Gasteiger partial charge in [0.1, 0.15) is 11.6 Å². The van der Waals surface area contributed by atoms with E-state index in [4.69, 9.17) is 9.97 Å². The summed E-state index contributed by atoms with van der Waals surface area (Å²) in [6, 6.07) is 4.60. The minimum Gasteiger partial charge on any atom is -0.390 e. The Morgan fingerprint density at radius 3 is 2.77 bits per heavy atom. The smallest absolute Gasteiger partial charge is 0.150 e. The molecule has 4 rings (SSSR count). The molecule has 0 spiro atoms. The third-order valence-electron chi connectivity index (χ3n) is 5.26. The quantitative estimate of drug-likeness (QED) is 0.726. The number of hydrogen-bond acceptors (Lipinski definition) is 7. The lowest BCUT2D eigenvalue weighted by atomic mass is 9.83. The molecule has 1 N–H and O–H groups in total. The summed E-state index contributed by atoms with van der Waals surface area (Å²) in [6.45, 7) is 3.96. The molecule has 1 aliphatic rings. The van der Waals surface area contributed by atoms with Crippen molar-refractivity contribution in [2.24, 2.45) is 0 Å². The summed E-state index contributed by atoms with van der Waals surface area (Å²) in [5.74, 6) is 1.87. The molecule has 3 aromatic heterocycles. The van der Waals surface area contributed by atoms with Crippen LogP contribution in [0.1, 0.15) is 49.0 Å². The number of hydrogen-bond donors (Lipinski definition) is 1. The van der Waals surface area contributed by atoms with Crippen LogP contribution in [0.4, 0.5) is 5.82 Å². The number of nitrogens with zero attached hydrogens (tertiary/aromatic N) is 4. The largest absolute Gasteiger partial charge is 0.390 e. The van der Waals surface area contributed by atoms with Crippen LogP contribution in [0, 0.1) is 6.92 Å². The van der Waals surface area contributed by atoms with Crippen LogP contribution in [0.3, 0.4) is 0 Å². The molecule has 0 bridgehead atoms. The summed E-state index contributed by atoms with van der Waals surface area (Å²) in [5, 5.41) is 12.3. The molecule has 0 amide bonds. The van der Waals surface area contributed by atoms with Crippen LogP contribution in [0.5, 0.6) is 0 Å². The Morgan fingerprint density at radius 1 is 1.31 bits per heavy atom. The van der Waals surface area contributed by atoms with Gasteiger partial charge in [0.15, 0.2) is 0 Å². The summed E-state index contributed by atoms with van der Waals surface area (Å²) < 4.78 is 5.51. The molecule has 1 saturated carbocycles. The first-order chi connectivity index (χ1) is 12.4. The molecule has 5 nitrogen and oxygen atoms in total. The van der Waals surface area contributed by atoms with E-state index in [0.29, 0.717) is 6.04 Å². The van der Waals surface area contributed by atoms with E-state index in [2.05, 4.69) is 33.8 Å². The van der Waals surface area contributed by atoms with Gasteiger partial charge in [0.25, 0.3) is 0 Å². The second-order valence-electron chi connectivity index (χ2n) is 7.55. The second-order valence-corrected chi connectivity index (χ2v) is 9.35. The van der Waals surface area contributed by atoms with Gasteiger partial charge >= 0.3 is 0 Å². The molecule has 1 aliphatic carbocycles. The average Bonchev–Trinajstić information content (AvgIpc) is 3.22. The van der Waals surface area contributed by atoms with Crippen LogP contribution in [0.25, 0.3) is 10.2 Å². The number of aliphatic hydroxyl groups is 1. The highest BCUT2D eigenvalue weighted by Gasteiger charge is 2.31. The number of fused-ring (bicyclic) bond motifs is 1. The van der Waals surface area contributed by atoms with Gasteiger partial charge in [-0.1, -0.05) is 0 Å². The summed E-state index contributed by atoms with van der Waals surface area (Å²) in [4.78, 5) is 13.2. The molecule has 0 radical (unpaired) electrons. The Balaban J connectivity index is 1.64. The van der Waals surface area contributed by atoms with E-state index >= 15 is 0 Å². The van der Waals surface area contributed by atoms with Crippen molar-refractivity contribution in [3.8, 4) is 0 Å². The van der Waals surface area contributed by atoms with Crippen LogP contribution < -0.4 is 4.90 Å². The minimum absolute atomic E-state index is 0.411. The summed E-state index contributed by atoms with van der Waals surface area (Å²) in [6.07, 6.45) is 4.38. The maximum Gasteiger partial charge on any atom is 0.150 e. The van der Waals surface area contributed by atoms with Gasteiger partial charge in [0.05, 0.1) is 21.5 Å². The molecule has 0 aromatic carbocycles. The van der Waals surface area contributed by atoms with Crippen LogP contribution in [-0.4, -0.2) is 38.1 Å². The molecule has 1 fully saturated rings. The van der Waals surface area contributed by atoms with Crippen molar-refractivity contribution in [3.63, 3.8) is 0 Å². The van der Waals surface area contributed by atoms with Crippen LogP contribution >= 0.6 is 22.9 Å². The van der Waals surface area contributed by atoms with E-state index < -0.39 is 5.60 Å². The Bertz CT molecular complexity index is 907. The maximum atomic E-state index is 10.2. The average molecular weight is 389 g/mol. The van der Waals surface area contributed by atoms with E-state index in [0.717, 1.165) is 59.7 Å². The molecule has 3 heterocycles. The lowest BCUT2D eigenvalue weighted by molar-refractivity contribution is 0.0174. The predicted molar refractivity (Wildman–Crippen MR) is 108 cm³/mol. The van der Waals surface area contributed by atoms with Gasteiger partial charge in [-0.25, -0.2) is 9.97 Å². The fourth-order valence-corrected chi connectivity index (χ4v) is 5.25. The topological polar surface area (TPSA) is 62.1 Å². The van der Waals surface area contributed by atoms with Crippen molar-refractivity contribution in [1.82, 2.24) is 14.3 Å². The van der Waals surface area contributed by atoms with Crippen molar-refractivity contribution >= 4 is 38.9 Å². The summed E-state index contributed by atoms with van der Waals surface area (Å²) in [7, 11) is 2.13. The highest BCUT2D eigenvalue weighted by molar-refractivity contribution is 7.17. The Kier molecular flexibility index (Phi) is 4.71. The van der Waals surface area contributed by atoms with Gasteiger partial charge in [-0.3, -0.25) is 0 Å². The molecule has 0 saturated heterocycles. The standard InChI is InChI=1S/C19H24N4OS2/c1-12-10-14(26-22-12)11-16-20-15-6-9-25-17(15)18(21-16)23(3)13-4-7-19(2,24)8-5-13/h6,9-10,13,24H,4-5,7-8,11H2,1-3H3. The third kappa shape index (κ3) is 3.61. The Hall–Kier alpha value is -1.57. The molecule has 7 heteroatoms. The lowest BCUT2D eigenvalue weighted by Crippen LogP contribution is -2.41. The van der Waals surface area contributed by atoms with Crippen molar-refractivity contribution in [2.45, 2.75) is 57.6 Å². The van der Waals surface area contributed by atoms with Gasteiger partial charge in [0.2, 0.25) is 0 Å². The first kappa shape index (κ1) is 17.8. The van der Waals surface area contributed by atoms with Gasteiger partial charge < -0.3 is 10.0 Å². The number of aryl methyl sites for hydroxylation is 1. The number of thiophene rings is 1. The zero-order chi connectivity index (χ0) is 18.3. The zero-order valence-electron chi connectivity index (χ0n) is 15.4. The number of aromatic nitrogens is 3. The van der Waals surface area contributed by atoms with Crippen molar-refractivity contribution < 1.29 is 5.11 Å². The zero-order valence-corrected chi connectivity index (χ0v) is 17.0. The second kappa shape index (κ2) is 6.87. The first-order valence-electron chi connectivity index (χ1n) is 9.03. The monoisotopic (exact) mass is 388 g/mol. The fourth-order valence-electron chi connectivity index (χ4n) is 3.65. The summed E-state index contributed by atoms with van der Waals surface area (Å²) >= 11 is 3.22. The van der Waals surface area contributed by atoms with E-state index in [-0.39, 0.29) is 0 Å². The van der Waals surface area contributed by atoms with Crippen molar-refractivity contribution in [2.75, 3.05) is 11.9 Å². The van der Waals surface area contributed by atoms with Gasteiger partial charge in [0, 0.05) is 24.4 Å². The predicted octanol–water partition coefficient (Wildman–Crippen LogP) is 4.18. The molecule has 0 atom stereocenters. The van der Waals surface area contributed by atoms with Crippen LogP contribution in [0.15, 0.2) is 17.5 Å². The molecular weight excluding hydrogens is 364 g/mol. The molecule has 3 aromatic rings. The fraction of sp³-hybridized carbons (Fsp3) is 0.526. The highest BCUT2D eigenvalue weighted by Crippen LogP contribution is 2.35. The van der Waals surface area contributed by atoms with E-state index in [1.54, 1.807) is 11.3 Å².